The van der Waals surface area contributed by atoms with Crippen LogP contribution in [-0.4, -0.2) is 9.78 Å². The van der Waals surface area contributed by atoms with Gasteiger partial charge in [-0.05, 0) is 24.1 Å². The minimum atomic E-state index is -0.155. The van der Waals surface area contributed by atoms with Crippen LogP contribution in [0.4, 0.5) is 0 Å². The maximum Gasteiger partial charge on any atom is 0.267 e. The Kier molecular flexibility index (Phi) is 3.01. The van der Waals surface area contributed by atoms with Crippen molar-refractivity contribution in [3.63, 3.8) is 0 Å². The van der Waals surface area contributed by atoms with Crippen LogP contribution in [0.1, 0.15) is 16.7 Å². The number of aryl methyl sites for hydroxylation is 1. The molecule has 84 valence electrons. The number of hydrogen-bond acceptors (Lipinski definition) is 3. The summed E-state index contributed by atoms with van der Waals surface area (Å²) in [6, 6.07) is 10.8. The van der Waals surface area contributed by atoms with Gasteiger partial charge in [0.15, 0.2) is 0 Å². The molecule has 0 unspecified atom stereocenters. The molecular weight excluding hydrogens is 214 g/mol. The van der Waals surface area contributed by atoms with Crippen LogP contribution in [-0.2, 0) is 6.54 Å². The van der Waals surface area contributed by atoms with Crippen molar-refractivity contribution in [2.75, 3.05) is 0 Å². The summed E-state index contributed by atoms with van der Waals surface area (Å²) in [5.74, 6) is 0. The van der Waals surface area contributed by atoms with Crippen LogP contribution in [0, 0.1) is 18.3 Å². The van der Waals surface area contributed by atoms with Gasteiger partial charge in [-0.15, -0.1) is 0 Å². The summed E-state index contributed by atoms with van der Waals surface area (Å²) in [5, 5.41) is 13.0. The van der Waals surface area contributed by atoms with Crippen LogP contribution in [0.3, 0.4) is 0 Å². The fraction of sp³-hybridized carbons (Fsp3) is 0.154. The van der Waals surface area contributed by atoms with Crippen LogP contribution in [0.5, 0.6) is 0 Å². The normalized spacial score (nSPS) is 9.88. The van der Waals surface area contributed by atoms with E-state index in [2.05, 4.69) is 11.2 Å². The zero-order chi connectivity index (χ0) is 12.3. The Hall–Kier alpha value is -2.41. The first-order chi connectivity index (χ1) is 8.20. The smallest absolute Gasteiger partial charge is 0.267 e. The van der Waals surface area contributed by atoms with Gasteiger partial charge in [-0.3, -0.25) is 4.79 Å². The van der Waals surface area contributed by atoms with Crippen molar-refractivity contribution in [3.05, 3.63) is 63.6 Å². The van der Waals surface area contributed by atoms with Gasteiger partial charge >= 0.3 is 0 Å². The molecule has 0 N–H and O–H groups in total. The summed E-state index contributed by atoms with van der Waals surface area (Å²) in [7, 11) is 0. The zero-order valence-corrected chi connectivity index (χ0v) is 9.42. The SMILES string of the molecule is Cc1cnn(Cc2ccccc2C#N)c(=O)c1. The fourth-order valence-corrected chi connectivity index (χ4v) is 1.57. The molecule has 1 heterocycles. The number of benzene rings is 1. The predicted molar refractivity (Wildman–Crippen MR) is 63.5 cm³/mol. The van der Waals surface area contributed by atoms with Gasteiger partial charge in [-0.1, -0.05) is 18.2 Å². The van der Waals surface area contributed by atoms with Gasteiger partial charge in [-0.25, -0.2) is 4.68 Å². The first-order valence-electron chi connectivity index (χ1n) is 5.22. The molecule has 4 nitrogen and oxygen atoms in total. The van der Waals surface area contributed by atoms with Crippen LogP contribution in [0.2, 0.25) is 0 Å². The molecule has 0 amide bonds. The highest BCUT2D eigenvalue weighted by molar-refractivity contribution is 5.37. The van der Waals surface area contributed by atoms with E-state index in [1.807, 2.05) is 19.1 Å². The lowest BCUT2D eigenvalue weighted by Gasteiger charge is -2.05. The third kappa shape index (κ3) is 2.40. The molecule has 2 aromatic rings. The molecule has 0 saturated heterocycles. The first kappa shape index (κ1) is 11.1. The third-order valence-electron chi connectivity index (χ3n) is 2.46. The van der Waals surface area contributed by atoms with E-state index in [1.165, 1.54) is 10.7 Å². The van der Waals surface area contributed by atoms with E-state index < -0.39 is 0 Å². The molecular formula is C13H11N3O. The Morgan fingerprint density at radius 2 is 2.18 bits per heavy atom. The average molecular weight is 225 g/mol. The van der Waals surface area contributed by atoms with Gasteiger partial charge in [0, 0.05) is 6.07 Å². The summed E-state index contributed by atoms with van der Waals surface area (Å²) in [6.07, 6.45) is 1.64. The second-order valence-electron chi connectivity index (χ2n) is 3.80. The third-order valence-corrected chi connectivity index (χ3v) is 2.46. The van der Waals surface area contributed by atoms with Crippen molar-refractivity contribution in [3.8, 4) is 6.07 Å². The van der Waals surface area contributed by atoms with E-state index in [9.17, 15) is 4.79 Å². The lowest BCUT2D eigenvalue weighted by Crippen LogP contribution is -2.23. The van der Waals surface area contributed by atoms with Gasteiger partial charge in [0.1, 0.15) is 0 Å². The van der Waals surface area contributed by atoms with Crippen molar-refractivity contribution in [1.29, 1.82) is 5.26 Å². The van der Waals surface area contributed by atoms with Gasteiger partial charge in [0.05, 0.1) is 24.4 Å². The molecule has 1 aromatic carbocycles. The minimum absolute atomic E-state index is 0.155. The summed E-state index contributed by atoms with van der Waals surface area (Å²) in [6.45, 7) is 2.14. The fourth-order valence-electron chi connectivity index (χ4n) is 1.57. The number of rotatable bonds is 2. The molecule has 1 aromatic heterocycles. The number of hydrogen-bond donors (Lipinski definition) is 0. The molecule has 0 aliphatic carbocycles. The Morgan fingerprint density at radius 3 is 2.88 bits per heavy atom. The van der Waals surface area contributed by atoms with Crippen LogP contribution >= 0.6 is 0 Å². The first-order valence-corrected chi connectivity index (χ1v) is 5.22. The molecule has 0 aliphatic rings. The Labute approximate surface area is 98.8 Å². The number of aromatic nitrogens is 2. The van der Waals surface area contributed by atoms with Gasteiger partial charge < -0.3 is 0 Å². The topological polar surface area (TPSA) is 58.7 Å². The highest BCUT2D eigenvalue weighted by Gasteiger charge is 2.03. The molecule has 0 saturated carbocycles. The van der Waals surface area contributed by atoms with Crippen molar-refractivity contribution in [2.45, 2.75) is 13.5 Å². The Balaban J connectivity index is 2.39. The summed E-state index contributed by atoms with van der Waals surface area (Å²) < 4.78 is 1.35. The van der Waals surface area contributed by atoms with Crippen molar-refractivity contribution in [1.82, 2.24) is 9.78 Å². The standard InChI is InChI=1S/C13H11N3O/c1-10-6-13(17)16(15-8-10)9-12-5-3-2-4-11(12)7-14/h2-6,8H,9H2,1H3. The van der Waals surface area contributed by atoms with E-state index in [-0.39, 0.29) is 5.56 Å². The van der Waals surface area contributed by atoms with E-state index in [0.29, 0.717) is 12.1 Å². The van der Waals surface area contributed by atoms with Crippen molar-refractivity contribution in [2.24, 2.45) is 0 Å². The predicted octanol–water partition coefficient (Wildman–Crippen LogP) is 1.47. The maximum absolute atomic E-state index is 11.7. The molecule has 0 bridgehead atoms. The van der Waals surface area contributed by atoms with Gasteiger partial charge in [0.25, 0.3) is 5.56 Å². The number of nitrogens with zero attached hydrogens (tertiary/aromatic N) is 3. The van der Waals surface area contributed by atoms with Gasteiger partial charge in [-0.2, -0.15) is 10.4 Å². The molecule has 4 heteroatoms. The monoisotopic (exact) mass is 225 g/mol. The van der Waals surface area contributed by atoms with E-state index >= 15 is 0 Å². The largest absolute Gasteiger partial charge is 0.268 e. The quantitative estimate of drug-likeness (QED) is 0.777. The maximum atomic E-state index is 11.7. The van der Waals surface area contributed by atoms with Crippen LogP contribution in [0.15, 0.2) is 41.3 Å². The van der Waals surface area contributed by atoms with Gasteiger partial charge in [0.2, 0.25) is 0 Å². The highest BCUT2D eigenvalue weighted by atomic mass is 16.1. The molecule has 0 aliphatic heterocycles. The second-order valence-corrected chi connectivity index (χ2v) is 3.80. The second kappa shape index (κ2) is 4.62. The molecule has 0 spiro atoms. The highest BCUT2D eigenvalue weighted by Crippen LogP contribution is 2.07. The summed E-state index contributed by atoms with van der Waals surface area (Å²) in [4.78, 5) is 11.7. The van der Waals surface area contributed by atoms with Crippen LogP contribution in [0.25, 0.3) is 0 Å². The lowest BCUT2D eigenvalue weighted by molar-refractivity contribution is 0.635. The molecule has 2 rings (SSSR count). The summed E-state index contributed by atoms with van der Waals surface area (Å²) in [5.41, 5.74) is 2.05. The zero-order valence-electron chi connectivity index (χ0n) is 9.42. The molecule has 0 radical (unpaired) electrons. The van der Waals surface area contributed by atoms with E-state index in [4.69, 9.17) is 5.26 Å². The van der Waals surface area contributed by atoms with E-state index in [0.717, 1.165) is 11.1 Å². The Morgan fingerprint density at radius 1 is 1.41 bits per heavy atom. The summed E-state index contributed by atoms with van der Waals surface area (Å²) >= 11 is 0. The van der Waals surface area contributed by atoms with Crippen molar-refractivity contribution < 1.29 is 0 Å². The lowest BCUT2D eigenvalue weighted by atomic mass is 10.1. The molecule has 0 fully saturated rings. The van der Waals surface area contributed by atoms with E-state index in [1.54, 1.807) is 18.3 Å². The average Bonchev–Trinajstić information content (AvgIpc) is 2.33. The molecule has 0 atom stereocenters. The van der Waals surface area contributed by atoms with Crippen LogP contribution < -0.4 is 5.56 Å². The number of nitriles is 1. The molecule has 17 heavy (non-hydrogen) atoms. The minimum Gasteiger partial charge on any atom is -0.268 e. The van der Waals surface area contributed by atoms with Crippen molar-refractivity contribution >= 4 is 0 Å². The Bertz CT molecular complexity index is 638.